The molecule has 144 valence electrons. The molecule has 1 aromatic carbocycles. The zero-order valence-corrected chi connectivity index (χ0v) is 18.6. The molecule has 1 amide bonds. The van der Waals surface area contributed by atoms with Crippen LogP contribution >= 0.6 is 34.3 Å². The summed E-state index contributed by atoms with van der Waals surface area (Å²) in [5.74, 6) is -0.0373. The molecule has 0 N–H and O–H groups in total. The molecule has 0 bridgehead atoms. The van der Waals surface area contributed by atoms with Crippen molar-refractivity contribution in [2.75, 3.05) is 32.1 Å². The molecule has 5 nitrogen and oxygen atoms in total. The summed E-state index contributed by atoms with van der Waals surface area (Å²) >= 11 is 9.28. The van der Waals surface area contributed by atoms with E-state index < -0.39 is 0 Å². The van der Waals surface area contributed by atoms with Gasteiger partial charge in [0.2, 0.25) is 0 Å². The van der Waals surface area contributed by atoms with Gasteiger partial charge in [-0.25, -0.2) is 9.97 Å². The van der Waals surface area contributed by atoms with Crippen molar-refractivity contribution in [3.05, 3.63) is 38.3 Å². The van der Waals surface area contributed by atoms with Gasteiger partial charge in [0.1, 0.15) is 4.88 Å². The maximum absolute atomic E-state index is 13.3. The number of carbonyl (C=O) groups excluding carboxylic acids is 1. The lowest BCUT2D eigenvalue weighted by Crippen LogP contribution is -2.33. The average molecular weight is 423 g/mol. The van der Waals surface area contributed by atoms with E-state index in [1.165, 1.54) is 22.7 Å². The van der Waals surface area contributed by atoms with Crippen LogP contribution in [0.3, 0.4) is 0 Å². The average Bonchev–Trinajstić information content (AvgIpc) is 3.18. The highest BCUT2D eigenvalue weighted by Crippen LogP contribution is 2.36. The number of anilines is 1. The summed E-state index contributed by atoms with van der Waals surface area (Å²) in [6.45, 7) is 7.32. The first-order chi connectivity index (χ1) is 12.8. The molecule has 27 heavy (non-hydrogen) atoms. The molecule has 3 aromatic rings. The van der Waals surface area contributed by atoms with E-state index in [1.54, 1.807) is 4.90 Å². The third kappa shape index (κ3) is 4.32. The molecule has 0 spiro atoms. The molecule has 0 aliphatic carbocycles. The molecule has 0 atom stereocenters. The van der Waals surface area contributed by atoms with Crippen molar-refractivity contribution in [2.24, 2.45) is 0 Å². The first-order valence-electron chi connectivity index (χ1n) is 8.74. The number of amides is 1. The SMILES string of the molecule is Cc1nc(C)c(C(=O)N(CCCN(C)C)c2nc3c(C)ccc(Cl)c3s2)s1. The maximum atomic E-state index is 13.3. The van der Waals surface area contributed by atoms with Gasteiger partial charge in [-0.1, -0.05) is 29.0 Å². The fourth-order valence-electron chi connectivity index (χ4n) is 2.89. The van der Waals surface area contributed by atoms with Crippen LogP contribution < -0.4 is 4.90 Å². The molecule has 8 heteroatoms. The monoisotopic (exact) mass is 422 g/mol. The van der Waals surface area contributed by atoms with Crippen LogP contribution in [0.1, 0.15) is 32.4 Å². The predicted octanol–water partition coefficient (Wildman–Crippen LogP) is 4.93. The number of rotatable bonds is 6. The van der Waals surface area contributed by atoms with Gasteiger partial charge in [-0.15, -0.1) is 11.3 Å². The van der Waals surface area contributed by atoms with Gasteiger partial charge in [-0.3, -0.25) is 9.69 Å². The molecule has 0 saturated heterocycles. The summed E-state index contributed by atoms with van der Waals surface area (Å²) in [6.07, 6.45) is 0.859. The third-order valence-electron chi connectivity index (χ3n) is 4.25. The van der Waals surface area contributed by atoms with Gasteiger partial charge in [0.15, 0.2) is 5.13 Å². The minimum atomic E-state index is -0.0373. The number of halogens is 1. The molecule has 3 rings (SSSR count). The van der Waals surface area contributed by atoms with E-state index in [2.05, 4.69) is 9.88 Å². The van der Waals surface area contributed by atoms with E-state index in [4.69, 9.17) is 16.6 Å². The van der Waals surface area contributed by atoms with E-state index in [-0.39, 0.29) is 5.91 Å². The molecule has 0 radical (unpaired) electrons. The van der Waals surface area contributed by atoms with Gasteiger partial charge in [-0.05, 0) is 59.5 Å². The molecule has 2 heterocycles. The lowest BCUT2D eigenvalue weighted by molar-refractivity contribution is 0.0989. The van der Waals surface area contributed by atoms with Gasteiger partial charge in [0.25, 0.3) is 5.91 Å². The topological polar surface area (TPSA) is 49.3 Å². The van der Waals surface area contributed by atoms with Gasteiger partial charge < -0.3 is 4.90 Å². The van der Waals surface area contributed by atoms with Crippen molar-refractivity contribution < 1.29 is 4.79 Å². The van der Waals surface area contributed by atoms with Gasteiger partial charge in [-0.2, -0.15) is 0 Å². The Balaban J connectivity index is 2.01. The standard InChI is InChI=1S/C19H23ClN4OS2/c1-11-7-8-14(20)17-15(11)22-19(27-17)24(10-6-9-23(4)5)18(25)16-12(2)21-13(3)26-16/h7-8H,6,9-10H2,1-5H3. The Kier molecular flexibility index (Phi) is 6.15. The van der Waals surface area contributed by atoms with E-state index in [9.17, 15) is 4.79 Å². The van der Waals surface area contributed by atoms with Crippen molar-refractivity contribution in [1.29, 1.82) is 0 Å². The van der Waals surface area contributed by atoms with Crippen molar-refractivity contribution in [3.8, 4) is 0 Å². The number of hydrogen-bond donors (Lipinski definition) is 0. The van der Waals surface area contributed by atoms with Crippen molar-refractivity contribution in [2.45, 2.75) is 27.2 Å². The van der Waals surface area contributed by atoms with Gasteiger partial charge >= 0.3 is 0 Å². The Morgan fingerprint density at radius 2 is 1.85 bits per heavy atom. The maximum Gasteiger partial charge on any atom is 0.272 e. The smallest absolute Gasteiger partial charge is 0.272 e. The molecular formula is C19H23ClN4OS2. The number of carbonyl (C=O) groups is 1. The second-order valence-electron chi connectivity index (χ2n) is 6.80. The highest BCUT2D eigenvalue weighted by Gasteiger charge is 2.25. The summed E-state index contributed by atoms with van der Waals surface area (Å²) < 4.78 is 0.925. The lowest BCUT2D eigenvalue weighted by Gasteiger charge is -2.20. The fourth-order valence-corrected chi connectivity index (χ4v) is 5.10. The molecule has 0 unspecified atom stereocenters. The summed E-state index contributed by atoms with van der Waals surface area (Å²) in [5, 5.41) is 2.26. The molecular weight excluding hydrogens is 400 g/mol. The first-order valence-corrected chi connectivity index (χ1v) is 10.7. The van der Waals surface area contributed by atoms with Gasteiger partial charge in [0, 0.05) is 6.54 Å². The Bertz CT molecular complexity index is 941. The van der Waals surface area contributed by atoms with Gasteiger partial charge in [0.05, 0.1) is 25.9 Å². The van der Waals surface area contributed by atoms with Crippen LogP contribution in [0.2, 0.25) is 5.02 Å². The number of thiazole rings is 2. The molecule has 0 aliphatic rings. The molecule has 0 aliphatic heterocycles. The Labute approximate surface area is 172 Å². The van der Waals surface area contributed by atoms with Crippen LogP contribution in [-0.4, -0.2) is 48.0 Å². The highest BCUT2D eigenvalue weighted by atomic mass is 35.5. The van der Waals surface area contributed by atoms with Crippen LogP contribution in [0.4, 0.5) is 5.13 Å². The third-order valence-corrected chi connectivity index (χ3v) is 6.85. The quantitative estimate of drug-likeness (QED) is 0.565. The van der Waals surface area contributed by atoms with E-state index in [1.807, 2.05) is 47.0 Å². The highest BCUT2D eigenvalue weighted by molar-refractivity contribution is 7.23. The molecule has 0 fully saturated rings. The Morgan fingerprint density at radius 3 is 2.44 bits per heavy atom. The summed E-state index contributed by atoms with van der Waals surface area (Å²) in [7, 11) is 4.06. The number of fused-ring (bicyclic) bond motifs is 1. The van der Waals surface area contributed by atoms with Crippen LogP contribution in [0, 0.1) is 20.8 Å². The number of hydrogen-bond acceptors (Lipinski definition) is 6. The predicted molar refractivity (Wildman–Crippen MR) is 116 cm³/mol. The minimum absolute atomic E-state index is 0.0373. The molecule has 2 aromatic heterocycles. The summed E-state index contributed by atoms with van der Waals surface area (Å²) in [6, 6.07) is 3.85. The summed E-state index contributed by atoms with van der Waals surface area (Å²) in [5.41, 5.74) is 2.70. The van der Waals surface area contributed by atoms with Crippen molar-refractivity contribution in [1.82, 2.24) is 14.9 Å². The normalized spacial score (nSPS) is 11.5. The number of aromatic nitrogens is 2. The Morgan fingerprint density at radius 1 is 1.11 bits per heavy atom. The first kappa shape index (κ1) is 20.2. The second kappa shape index (κ2) is 8.22. The number of nitrogens with zero attached hydrogens (tertiary/aromatic N) is 4. The zero-order valence-electron chi connectivity index (χ0n) is 16.2. The van der Waals surface area contributed by atoms with E-state index in [0.29, 0.717) is 21.6 Å². The van der Waals surface area contributed by atoms with Crippen LogP contribution in [0.5, 0.6) is 0 Å². The van der Waals surface area contributed by atoms with Crippen LogP contribution in [0.25, 0.3) is 10.2 Å². The van der Waals surface area contributed by atoms with Crippen molar-refractivity contribution in [3.63, 3.8) is 0 Å². The molecule has 0 saturated carbocycles. The minimum Gasteiger partial charge on any atom is -0.309 e. The van der Waals surface area contributed by atoms with Crippen LogP contribution in [0.15, 0.2) is 12.1 Å². The number of aryl methyl sites for hydroxylation is 3. The number of benzene rings is 1. The van der Waals surface area contributed by atoms with Crippen molar-refractivity contribution >= 4 is 55.5 Å². The zero-order chi connectivity index (χ0) is 19.7. The Hall–Kier alpha value is -1.54. The van der Waals surface area contributed by atoms with E-state index >= 15 is 0 Å². The lowest BCUT2D eigenvalue weighted by atomic mass is 10.2. The second-order valence-corrected chi connectivity index (χ2v) is 9.39. The summed E-state index contributed by atoms with van der Waals surface area (Å²) in [4.78, 5) is 27.1. The largest absolute Gasteiger partial charge is 0.309 e. The van der Waals surface area contributed by atoms with E-state index in [0.717, 1.165) is 39.4 Å². The van der Waals surface area contributed by atoms with Crippen LogP contribution in [-0.2, 0) is 0 Å². The fraction of sp³-hybridized carbons (Fsp3) is 0.421.